The van der Waals surface area contributed by atoms with Gasteiger partial charge in [-0.2, -0.15) is 0 Å². The maximum absolute atomic E-state index is 13.6. The van der Waals surface area contributed by atoms with E-state index in [1.165, 1.54) is 6.07 Å². The van der Waals surface area contributed by atoms with Crippen molar-refractivity contribution in [3.8, 4) is 0 Å². The first-order valence-corrected chi connectivity index (χ1v) is 13.2. The fraction of sp³-hybridized carbons (Fsp3) is 0.290. The Balaban J connectivity index is 1.66. The van der Waals surface area contributed by atoms with E-state index in [9.17, 15) is 19.2 Å². The smallest absolute Gasteiger partial charge is 0.303 e. The first-order chi connectivity index (χ1) is 19.1. The van der Waals surface area contributed by atoms with Gasteiger partial charge in [0.2, 0.25) is 5.91 Å². The van der Waals surface area contributed by atoms with E-state index in [4.69, 9.17) is 5.11 Å². The van der Waals surface area contributed by atoms with E-state index in [1.807, 2.05) is 54.9 Å². The Kier molecular flexibility index (Phi) is 8.52. The average molecular weight is 543 g/mol. The third-order valence-electron chi connectivity index (χ3n) is 7.20. The lowest BCUT2D eigenvalue weighted by Gasteiger charge is -2.19. The summed E-state index contributed by atoms with van der Waals surface area (Å²) in [5.41, 5.74) is 5.20. The number of carbonyl (C=O) groups is 3. The summed E-state index contributed by atoms with van der Waals surface area (Å²) < 4.78 is 3.51. The first-order valence-electron chi connectivity index (χ1n) is 13.2. The third kappa shape index (κ3) is 6.14. The summed E-state index contributed by atoms with van der Waals surface area (Å²) in [5, 5.41) is 15.7. The summed E-state index contributed by atoms with van der Waals surface area (Å²) in [4.78, 5) is 49.3. The van der Waals surface area contributed by atoms with E-state index in [0.717, 1.165) is 33.3 Å². The van der Waals surface area contributed by atoms with E-state index < -0.39 is 12.0 Å². The number of amides is 2. The van der Waals surface area contributed by atoms with Crippen molar-refractivity contribution in [2.45, 2.75) is 52.6 Å². The molecule has 208 valence electrons. The number of carboxylic acid groups (broad SMARTS) is 1. The number of benzene rings is 2. The number of carboxylic acids is 1. The molecule has 2 amide bonds. The van der Waals surface area contributed by atoms with Crippen LogP contribution in [0.25, 0.3) is 10.9 Å². The number of pyridine rings is 1. The Hall–Kier alpha value is -4.66. The van der Waals surface area contributed by atoms with Crippen molar-refractivity contribution in [1.29, 1.82) is 0 Å². The molecule has 9 nitrogen and oxygen atoms in total. The fourth-order valence-electron chi connectivity index (χ4n) is 4.89. The number of aliphatic carboxylic acids is 1. The average Bonchev–Trinajstić information content (AvgIpc) is 3.26. The molecule has 1 atom stereocenters. The molecule has 0 bridgehead atoms. The number of rotatable bonds is 10. The summed E-state index contributed by atoms with van der Waals surface area (Å²) in [7, 11) is 1.57. The second-order valence-corrected chi connectivity index (χ2v) is 10.0. The zero-order valence-electron chi connectivity index (χ0n) is 23.2. The van der Waals surface area contributed by atoms with Gasteiger partial charge in [-0.25, -0.2) is 0 Å². The lowest BCUT2D eigenvalue weighted by Crippen LogP contribution is -2.24. The highest BCUT2D eigenvalue weighted by molar-refractivity contribution is 6.00. The summed E-state index contributed by atoms with van der Waals surface area (Å²) in [6, 6.07) is 15.5. The van der Waals surface area contributed by atoms with E-state index in [1.54, 1.807) is 36.7 Å². The predicted molar refractivity (Wildman–Crippen MR) is 155 cm³/mol. The number of anilines is 1. The minimum Gasteiger partial charge on any atom is -0.481 e. The van der Waals surface area contributed by atoms with Crippen LogP contribution in [0.4, 0.5) is 5.69 Å². The number of aromatic nitrogens is 2. The van der Waals surface area contributed by atoms with Gasteiger partial charge in [0.15, 0.2) is 0 Å². The fourth-order valence-corrected chi connectivity index (χ4v) is 4.89. The first kappa shape index (κ1) is 28.4. The van der Waals surface area contributed by atoms with Crippen molar-refractivity contribution in [3.05, 3.63) is 99.1 Å². The number of nitrogens with one attached hydrogen (secondary N) is 2. The Morgan fingerprint density at radius 3 is 2.50 bits per heavy atom. The van der Waals surface area contributed by atoms with Crippen LogP contribution in [0.15, 0.2) is 65.6 Å². The number of fused-ring (bicyclic) bond motifs is 1. The van der Waals surface area contributed by atoms with E-state index in [-0.39, 0.29) is 23.8 Å². The molecule has 4 aromatic rings. The SMILES string of the molecule is CNC(=O)c1ccc2c(C)cn(C(C)C(=O)Nc3cc(Cn4c(C)cccc4=O)ccc3CCCC(=O)O)c2c1. The van der Waals surface area contributed by atoms with E-state index in [0.29, 0.717) is 30.6 Å². The highest BCUT2D eigenvalue weighted by Gasteiger charge is 2.20. The molecule has 4 rings (SSSR count). The van der Waals surface area contributed by atoms with Crippen molar-refractivity contribution < 1.29 is 19.5 Å². The van der Waals surface area contributed by atoms with E-state index >= 15 is 0 Å². The van der Waals surface area contributed by atoms with Crippen LogP contribution in [0.1, 0.15) is 58.5 Å². The topological polar surface area (TPSA) is 122 Å². The number of hydrogen-bond acceptors (Lipinski definition) is 4. The standard InChI is InChI=1S/C31H34N4O5/c1-19-17-35(27-16-24(31(40)32-4)13-14-25(19)27)21(3)30(39)33-26-15-22(11-12-23(26)8-6-10-29(37)38)18-34-20(2)7-5-9-28(34)36/h5,7,9,11-17,21H,6,8,10,18H2,1-4H3,(H,32,40)(H,33,39)(H,37,38). The summed E-state index contributed by atoms with van der Waals surface area (Å²) >= 11 is 0. The largest absolute Gasteiger partial charge is 0.481 e. The molecule has 0 saturated carbocycles. The molecule has 3 N–H and O–H groups in total. The molecular weight excluding hydrogens is 508 g/mol. The minimum absolute atomic E-state index is 0.0203. The number of nitrogens with zero attached hydrogens (tertiary/aromatic N) is 2. The second kappa shape index (κ2) is 12.0. The molecule has 40 heavy (non-hydrogen) atoms. The molecular formula is C31H34N4O5. The lowest BCUT2D eigenvalue weighted by atomic mass is 10.0. The van der Waals surface area contributed by atoms with Gasteiger partial charge in [-0.1, -0.05) is 24.3 Å². The molecule has 2 heterocycles. The van der Waals surface area contributed by atoms with E-state index in [2.05, 4.69) is 10.6 Å². The van der Waals surface area contributed by atoms with Gasteiger partial charge in [0, 0.05) is 53.6 Å². The van der Waals surface area contributed by atoms with Crippen molar-refractivity contribution in [1.82, 2.24) is 14.5 Å². The van der Waals surface area contributed by atoms with Crippen LogP contribution in [0.2, 0.25) is 0 Å². The quantitative estimate of drug-likeness (QED) is 0.274. The maximum Gasteiger partial charge on any atom is 0.303 e. The van der Waals surface area contributed by atoms with Gasteiger partial charge >= 0.3 is 5.97 Å². The Morgan fingerprint density at radius 2 is 1.80 bits per heavy atom. The third-order valence-corrected chi connectivity index (χ3v) is 7.20. The summed E-state index contributed by atoms with van der Waals surface area (Å²) in [6.45, 7) is 5.95. The highest BCUT2D eigenvalue weighted by Crippen LogP contribution is 2.27. The van der Waals surface area contributed by atoms with Crippen LogP contribution in [0.5, 0.6) is 0 Å². The molecule has 0 aliphatic carbocycles. The zero-order valence-corrected chi connectivity index (χ0v) is 23.2. The van der Waals surface area contributed by atoms with Crippen LogP contribution < -0.4 is 16.2 Å². The van der Waals surface area contributed by atoms with Crippen molar-refractivity contribution in [3.63, 3.8) is 0 Å². The Labute approximate surface area is 232 Å². The molecule has 9 heteroatoms. The van der Waals surface area contributed by atoms with Crippen LogP contribution in [-0.4, -0.2) is 39.1 Å². The predicted octanol–water partition coefficient (Wildman–Crippen LogP) is 4.43. The van der Waals surface area contributed by atoms with Gasteiger partial charge in [-0.05, 0) is 74.6 Å². The van der Waals surface area contributed by atoms with Crippen LogP contribution >= 0.6 is 0 Å². The van der Waals surface area contributed by atoms with Crippen molar-refractivity contribution in [2.24, 2.45) is 0 Å². The van der Waals surface area contributed by atoms with Crippen LogP contribution in [0, 0.1) is 13.8 Å². The van der Waals surface area contributed by atoms with Crippen molar-refractivity contribution in [2.75, 3.05) is 12.4 Å². The van der Waals surface area contributed by atoms with Gasteiger partial charge in [0.1, 0.15) is 6.04 Å². The second-order valence-electron chi connectivity index (χ2n) is 10.0. The van der Waals surface area contributed by atoms with Crippen LogP contribution in [0.3, 0.4) is 0 Å². The highest BCUT2D eigenvalue weighted by atomic mass is 16.4. The molecule has 1 unspecified atom stereocenters. The molecule has 0 aliphatic heterocycles. The summed E-state index contributed by atoms with van der Waals surface area (Å²) in [5.74, 6) is -1.34. The van der Waals surface area contributed by atoms with Gasteiger partial charge in [-0.15, -0.1) is 0 Å². The zero-order chi connectivity index (χ0) is 29.0. The minimum atomic E-state index is -0.874. The summed E-state index contributed by atoms with van der Waals surface area (Å²) in [6.07, 6.45) is 2.82. The molecule has 2 aromatic carbocycles. The molecule has 0 spiro atoms. The Bertz CT molecular complexity index is 1650. The number of aryl methyl sites for hydroxylation is 3. The van der Waals surface area contributed by atoms with Gasteiger partial charge < -0.3 is 24.9 Å². The van der Waals surface area contributed by atoms with Gasteiger partial charge in [-0.3, -0.25) is 19.2 Å². The normalized spacial score (nSPS) is 11.8. The van der Waals surface area contributed by atoms with Crippen molar-refractivity contribution >= 4 is 34.4 Å². The van der Waals surface area contributed by atoms with Crippen LogP contribution in [-0.2, 0) is 22.6 Å². The molecule has 0 radical (unpaired) electrons. The lowest BCUT2D eigenvalue weighted by molar-refractivity contribution is -0.137. The molecule has 2 aromatic heterocycles. The maximum atomic E-state index is 13.6. The van der Waals surface area contributed by atoms with Gasteiger partial charge in [0.05, 0.1) is 6.54 Å². The molecule has 0 fully saturated rings. The Morgan fingerprint density at radius 1 is 1.02 bits per heavy atom. The number of hydrogen-bond donors (Lipinski definition) is 3. The number of carbonyl (C=O) groups excluding carboxylic acids is 2. The monoisotopic (exact) mass is 542 g/mol. The van der Waals surface area contributed by atoms with Gasteiger partial charge in [0.25, 0.3) is 11.5 Å². The molecule has 0 aliphatic rings. The molecule has 0 saturated heterocycles.